The molecule has 0 aliphatic heterocycles. The third-order valence-electron chi connectivity index (χ3n) is 1.73. The molecule has 0 unspecified atom stereocenters. The minimum absolute atomic E-state index is 0.114. The Morgan fingerprint density at radius 3 is 2.50 bits per heavy atom. The molecular weight excluding hydrogens is 174 g/mol. The van der Waals surface area contributed by atoms with Gasteiger partial charge in [0.2, 0.25) is 0 Å². The van der Waals surface area contributed by atoms with Gasteiger partial charge in [-0.2, -0.15) is 5.26 Å². The van der Waals surface area contributed by atoms with E-state index in [2.05, 4.69) is 0 Å². The summed E-state index contributed by atoms with van der Waals surface area (Å²) in [6.45, 7) is 3.55. The van der Waals surface area contributed by atoms with Crippen molar-refractivity contribution in [3.8, 4) is 11.8 Å². The maximum absolute atomic E-state index is 9.40. The van der Waals surface area contributed by atoms with Crippen LogP contribution in [0.25, 0.3) is 0 Å². The van der Waals surface area contributed by atoms with E-state index in [1.165, 1.54) is 0 Å². The molecule has 0 saturated carbocycles. The van der Waals surface area contributed by atoms with Crippen molar-refractivity contribution in [2.75, 3.05) is 0 Å². The van der Waals surface area contributed by atoms with E-state index >= 15 is 0 Å². The molecule has 1 aromatic carbocycles. The molecule has 0 bridgehead atoms. The zero-order chi connectivity index (χ0) is 9.30. The number of halogens is 1. The van der Waals surface area contributed by atoms with Crippen LogP contribution in [0.4, 0.5) is 0 Å². The standard InChI is InChI=1S/C9H8ClNO/c1-5-3-6(2)8(10)9(12)7(5)4-11/h3,12H,1-2H3. The average molecular weight is 182 g/mol. The van der Waals surface area contributed by atoms with E-state index < -0.39 is 0 Å². The first-order valence-electron chi connectivity index (χ1n) is 3.46. The Balaban J connectivity index is 3.54. The van der Waals surface area contributed by atoms with Crippen LogP contribution in [-0.4, -0.2) is 5.11 Å². The molecule has 3 heteroatoms. The number of aryl methyl sites for hydroxylation is 2. The summed E-state index contributed by atoms with van der Waals surface area (Å²) >= 11 is 5.73. The van der Waals surface area contributed by atoms with Crippen LogP contribution in [0.5, 0.6) is 5.75 Å². The molecule has 0 aliphatic rings. The second kappa shape index (κ2) is 3.04. The average Bonchev–Trinajstić information content (AvgIpc) is 2.01. The van der Waals surface area contributed by atoms with Crippen molar-refractivity contribution in [3.63, 3.8) is 0 Å². The fourth-order valence-corrected chi connectivity index (χ4v) is 1.23. The van der Waals surface area contributed by atoms with Gasteiger partial charge in [0.15, 0.2) is 5.75 Å². The number of hydrogen-bond donors (Lipinski definition) is 1. The Bertz CT molecular complexity index is 366. The van der Waals surface area contributed by atoms with Gasteiger partial charge in [-0.3, -0.25) is 0 Å². The molecule has 12 heavy (non-hydrogen) atoms. The maximum atomic E-state index is 9.40. The van der Waals surface area contributed by atoms with Gasteiger partial charge in [0.25, 0.3) is 0 Å². The van der Waals surface area contributed by atoms with Crippen molar-refractivity contribution in [2.24, 2.45) is 0 Å². The molecule has 0 heterocycles. The van der Waals surface area contributed by atoms with Crippen molar-refractivity contribution in [3.05, 3.63) is 27.8 Å². The summed E-state index contributed by atoms with van der Waals surface area (Å²) in [5.74, 6) is -0.114. The van der Waals surface area contributed by atoms with E-state index in [1.54, 1.807) is 19.9 Å². The fraction of sp³-hybridized carbons (Fsp3) is 0.222. The Labute approximate surface area is 76.0 Å². The summed E-state index contributed by atoms with van der Waals surface area (Å²) in [5, 5.41) is 18.3. The molecule has 0 aliphatic carbocycles. The maximum Gasteiger partial charge on any atom is 0.152 e. The van der Waals surface area contributed by atoms with E-state index in [0.717, 1.165) is 11.1 Å². The third-order valence-corrected chi connectivity index (χ3v) is 2.21. The van der Waals surface area contributed by atoms with Gasteiger partial charge >= 0.3 is 0 Å². The van der Waals surface area contributed by atoms with Crippen LogP contribution in [0.3, 0.4) is 0 Å². The van der Waals surface area contributed by atoms with Crippen molar-refractivity contribution >= 4 is 11.6 Å². The van der Waals surface area contributed by atoms with Crippen LogP contribution >= 0.6 is 11.6 Å². The first-order valence-corrected chi connectivity index (χ1v) is 3.84. The number of hydrogen-bond acceptors (Lipinski definition) is 2. The van der Waals surface area contributed by atoms with Crippen molar-refractivity contribution in [2.45, 2.75) is 13.8 Å². The van der Waals surface area contributed by atoms with Gasteiger partial charge in [0.1, 0.15) is 6.07 Å². The van der Waals surface area contributed by atoms with Crippen LogP contribution in [-0.2, 0) is 0 Å². The van der Waals surface area contributed by atoms with Gasteiger partial charge in [0.05, 0.1) is 10.6 Å². The predicted molar refractivity (Wildman–Crippen MR) is 47.3 cm³/mol. The molecule has 1 rings (SSSR count). The van der Waals surface area contributed by atoms with E-state index in [0.29, 0.717) is 0 Å². The zero-order valence-electron chi connectivity index (χ0n) is 6.85. The number of phenolic OH excluding ortho intramolecular Hbond substituents is 1. The van der Waals surface area contributed by atoms with Gasteiger partial charge in [-0.1, -0.05) is 17.7 Å². The smallest absolute Gasteiger partial charge is 0.152 e. The molecule has 0 fully saturated rings. The molecule has 0 saturated heterocycles. The van der Waals surface area contributed by atoms with Gasteiger partial charge in [0, 0.05) is 0 Å². The minimum Gasteiger partial charge on any atom is -0.505 e. The molecule has 0 spiro atoms. The molecule has 1 aromatic rings. The lowest BCUT2D eigenvalue weighted by atomic mass is 10.1. The highest BCUT2D eigenvalue weighted by Crippen LogP contribution is 2.32. The molecular formula is C9H8ClNO. The van der Waals surface area contributed by atoms with Crippen LogP contribution in [0.15, 0.2) is 6.07 Å². The highest BCUT2D eigenvalue weighted by Gasteiger charge is 2.10. The van der Waals surface area contributed by atoms with Gasteiger partial charge in [-0.05, 0) is 25.0 Å². The number of nitriles is 1. The highest BCUT2D eigenvalue weighted by atomic mass is 35.5. The monoisotopic (exact) mass is 181 g/mol. The molecule has 0 amide bonds. The van der Waals surface area contributed by atoms with Crippen molar-refractivity contribution in [1.29, 1.82) is 5.26 Å². The largest absolute Gasteiger partial charge is 0.505 e. The van der Waals surface area contributed by atoms with Gasteiger partial charge in [-0.15, -0.1) is 0 Å². The lowest BCUT2D eigenvalue weighted by Crippen LogP contribution is -1.87. The van der Waals surface area contributed by atoms with E-state index in [4.69, 9.17) is 16.9 Å². The summed E-state index contributed by atoms with van der Waals surface area (Å²) in [4.78, 5) is 0. The van der Waals surface area contributed by atoms with Crippen LogP contribution in [0, 0.1) is 25.2 Å². The Hall–Kier alpha value is -1.20. The zero-order valence-corrected chi connectivity index (χ0v) is 7.61. The fourth-order valence-electron chi connectivity index (χ4n) is 1.08. The minimum atomic E-state index is -0.114. The SMILES string of the molecule is Cc1cc(C)c(C#N)c(O)c1Cl. The molecule has 0 atom stereocenters. The number of aromatic hydroxyl groups is 1. The summed E-state index contributed by atoms with van der Waals surface area (Å²) in [6, 6.07) is 3.68. The predicted octanol–water partition coefficient (Wildman–Crippen LogP) is 2.53. The number of nitrogens with zero attached hydrogens (tertiary/aromatic N) is 1. The second-order valence-electron chi connectivity index (χ2n) is 2.66. The van der Waals surface area contributed by atoms with Gasteiger partial charge < -0.3 is 5.11 Å². The van der Waals surface area contributed by atoms with Gasteiger partial charge in [-0.25, -0.2) is 0 Å². The summed E-state index contributed by atoms with van der Waals surface area (Å²) in [6.07, 6.45) is 0. The summed E-state index contributed by atoms with van der Waals surface area (Å²) in [7, 11) is 0. The van der Waals surface area contributed by atoms with E-state index in [1.807, 2.05) is 6.07 Å². The first kappa shape index (κ1) is 8.89. The second-order valence-corrected chi connectivity index (χ2v) is 3.04. The number of benzene rings is 1. The van der Waals surface area contributed by atoms with Crippen LogP contribution < -0.4 is 0 Å². The van der Waals surface area contributed by atoms with Crippen LogP contribution in [0.1, 0.15) is 16.7 Å². The van der Waals surface area contributed by atoms with Crippen molar-refractivity contribution in [1.82, 2.24) is 0 Å². The Kier molecular flexibility index (Phi) is 2.25. The molecule has 0 radical (unpaired) electrons. The van der Waals surface area contributed by atoms with Crippen molar-refractivity contribution < 1.29 is 5.11 Å². The molecule has 62 valence electrons. The van der Waals surface area contributed by atoms with E-state index in [9.17, 15) is 5.11 Å². The quantitative estimate of drug-likeness (QED) is 0.669. The Morgan fingerprint density at radius 1 is 1.42 bits per heavy atom. The molecule has 1 N–H and O–H groups in total. The topological polar surface area (TPSA) is 44.0 Å². The van der Waals surface area contributed by atoms with Crippen LogP contribution in [0.2, 0.25) is 5.02 Å². The third kappa shape index (κ3) is 1.24. The first-order chi connectivity index (χ1) is 5.57. The summed E-state index contributed by atoms with van der Waals surface area (Å²) in [5.41, 5.74) is 1.79. The Morgan fingerprint density at radius 2 is 2.00 bits per heavy atom. The molecule has 0 aromatic heterocycles. The molecule has 2 nitrogen and oxygen atoms in total. The number of phenols is 1. The summed E-state index contributed by atoms with van der Waals surface area (Å²) < 4.78 is 0. The number of rotatable bonds is 0. The lowest BCUT2D eigenvalue weighted by Gasteiger charge is -2.05. The lowest BCUT2D eigenvalue weighted by molar-refractivity contribution is 0.473. The van der Waals surface area contributed by atoms with E-state index in [-0.39, 0.29) is 16.3 Å². The highest BCUT2D eigenvalue weighted by molar-refractivity contribution is 6.33. The normalized spacial score (nSPS) is 9.50.